The maximum atomic E-state index is 12.3. The molecule has 1 aliphatic rings. The number of carbonyl (C=O) groups is 2. The molecule has 0 radical (unpaired) electrons. The van der Waals surface area contributed by atoms with Gasteiger partial charge >= 0.3 is 5.97 Å². The van der Waals surface area contributed by atoms with E-state index in [4.69, 9.17) is 4.74 Å². The highest BCUT2D eigenvalue weighted by Crippen LogP contribution is 2.30. The lowest BCUT2D eigenvalue weighted by molar-refractivity contribution is -0.154. The fraction of sp³-hybridized carbons (Fsp3) is 0.429. The van der Waals surface area contributed by atoms with Gasteiger partial charge in [0.25, 0.3) is 5.91 Å². The van der Waals surface area contributed by atoms with Crippen LogP contribution in [-0.2, 0) is 9.53 Å². The van der Waals surface area contributed by atoms with E-state index in [1.165, 1.54) is 0 Å². The quantitative estimate of drug-likeness (QED) is 0.667. The van der Waals surface area contributed by atoms with E-state index in [9.17, 15) is 14.7 Å². The third-order valence-electron chi connectivity index (χ3n) is 3.66. The molecule has 5 nitrogen and oxygen atoms in total. The van der Waals surface area contributed by atoms with Crippen molar-refractivity contribution in [3.05, 3.63) is 31.8 Å². The number of rotatable bonds is 4. The van der Waals surface area contributed by atoms with Crippen molar-refractivity contribution in [3.8, 4) is 0 Å². The standard InChI is InChI=1S/C14H15BrINO4/c15-9-1-2-11(16)10(7-9)12(18)17-8-14(13(19)20)3-5-21-6-4-14/h1-2,7H,3-6,8H2,(H,17,18)(H,19,20). The molecule has 1 amide bonds. The topological polar surface area (TPSA) is 75.6 Å². The molecule has 0 spiro atoms. The average molecular weight is 468 g/mol. The maximum Gasteiger partial charge on any atom is 0.311 e. The van der Waals surface area contributed by atoms with E-state index in [1.807, 2.05) is 12.1 Å². The molecule has 1 aliphatic heterocycles. The van der Waals surface area contributed by atoms with Gasteiger partial charge in [0.15, 0.2) is 0 Å². The Bertz CT molecular complexity index is 558. The Morgan fingerprint density at radius 3 is 2.67 bits per heavy atom. The van der Waals surface area contributed by atoms with Gasteiger partial charge in [-0.25, -0.2) is 0 Å². The molecule has 0 aliphatic carbocycles. The number of aliphatic carboxylic acids is 1. The van der Waals surface area contributed by atoms with Crippen LogP contribution >= 0.6 is 38.5 Å². The number of carboxylic acids is 1. The highest BCUT2D eigenvalue weighted by molar-refractivity contribution is 14.1. The summed E-state index contributed by atoms with van der Waals surface area (Å²) in [6, 6.07) is 5.42. The number of halogens is 2. The average Bonchev–Trinajstić information content (AvgIpc) is 2.48. The van der Waals surface area contributed by atoms with Gasteiger partial charge in [-0.3, -0.25) is 9.59 Å². The molecular formula is C14H15BrINO4. The second-order valence-corrected chi connectivity index (χ2v) is 7.08. The van der Waals surface area contributed by atoms with E-state index in [1.54, 1.807) is 6.07 Å². The molecule has 2 rings (SSSR count). The van der Waals surface area contributed by atoms with Crippen LogP contribution in [0.3, 0.4) is 0 Å². The minimum absolute atomic E-state index is 0.118. The molecule has 0 saturated carbocycles. The van der Waals surface area contributed by atoms with Crippen LogP contribution < -0.4 is 5.32 Å². The van der Waals surface area contributed by atoms with Crippen LogP contribution in [0.1, 0.15) is 23.2 Å². The lowest BCUT2D eigenvalue weighted by atomic mass is 9.80. The highest BCUT2D eigenvalue weighted by Gasteiger charge is 2.40. The first-order chi connectivity index (χ1) is 9.94. The summed E-state index contributed by atoms with van der Waals surface area (Å²) in [5, 5.41) is 12.2. The van der Waals surface area contributed by atoms with Gasteiger partial charge in [0.2, 0.25) is 0 Å². The van der Waals surface area contributed by atoms with Crippen LogP contribution in [0, 0.1) is 8.99 Å². The number of hydrogen-bond acceptors (Lipinski definition) is 3. The summed E-state index contributed by atoms with van der Waals surface area (Å²) in [6.45, 7) is 0.945. The molecule has 1 heterocycles. The van der Waals surface area contributed by atoms with Gasteiger partial charge in [-0.1, -0.05) is 15.9 Å². The summed E-state index contributed by atoms with van der Waals surface area (Å²) in [5.74, 6) is -1.14. The Labute approximate surface area is 144 Å². The highest BCUT2D eigenvalue weighted by atomic mass is 127. The lowest BCUT2D eigenvalue weighted by Gasteiger charge is -2.33. The molecule has 1 fully saturated rings. The van der Waals surface area contributed by atoms with Crippen molar-refractivity contribution in [2.75, 3.05) is 19.8 Å². The van der Waals surface area contributed by atoms with Gasteiger partial charge in [-0.2, -0.15) is 0 Å². The van der Waals surface area contributed by atoms with E-state index >= 15 is 0 Å². The van der Waals surface area contributed by atoms with Gasteiger partial charge in [-0.05, 0) is 53.6 Å². The van der Waals surface area contributed by atoms with Gasteiger partial charge < -0.3 is 15.2 Å². The van der Waals surface area contributed by atoms with Crippen molar-refractivity contribution in [1.29, 1.82) is 0 Å². The summed E-state index contributed by atoms with van der Waals surface area (Å²) < 4.78 is 6.85. The van der Waals surface area contributed by atoms with Gasteiger partial charge in [0.05, 0.1) is 11.0 Å². The molecule has 21 heavy (non-hydrogen) atoms. The summed E-state index contributed by atoms with van der Waals surface area (Å²) in [4.78, 5) is 23.8. The third kappa shape index (κ3) is 3.95. The van der Waals surface area contributed by atoms with Gasteiger partial charge in [0.1, 0.15) is 0 Å². The van der Waals surface area contributed by atoms with Crippen LogP contribution in [0.5, 0.6) is 0 Å². The molecule has 1 aromatic carbocycles. The molecule has 1 saturated heterocycles. The predicted octanol–water partition coefficient (Wildman–Crippen LogP) is 2.66. The van der Waals surface area contributed by atoms with Crippen molar-refractivity contribution in [2.24, 2.45) is 5.41 Å². The van der Waals surface area contributed by atoms with E-state index in [0.29, 0.717) is 31.6 Å². The zero-order valence-electron chi connectivity index (χ0n) is 11.2. The Hall–Kier alpha value is -0.670. The van der Waals surface area contributed by atoms with Crippen LogP contribution in [0.15, 0.2) is 22.7 Å². The predicted molar refractivity (Wildman–Crippen MR) is 89.3 cm³/mol. The molecule has 114 valence electrons. The number of carboxylic acid groups (broad SMARTS) is 1. The zero-order chi connectivity index (χ0) is 15.5. The number of benzene rings is 1. The third-order valence-corrected chi connectivity index (χ3v) is 5.10. The van der Waals surface area contributed by atoms with Crippen molar-refractivity contribution in [3.63, 3.8) is 0 Å². The molecule has 0 unspecified atom stereocenters. The molecule has 0 bridgehead atoms. The summed E-state index contributed by atoms with van der Waals surface area (Å²) >= 11 is 5.42. The Morgan fingerprint density at radius 2 is 2.05 bits per heavy atom. The number of nitrogens with one attached hydrogen (secondary N) is 1. The molecule has 0 atom stereocenters. The second-order valence-electron chi connectivity index (χ2n) is 5.00. The van der Waals surface area contributed by atoms with E-state index in [0.717, 1.165) is 8.04 Å². The molecule has 1 aromatic rings. The smallest absolute Gasteiger partial charge is 0.311 e. The summed E-state index contributed by atoms with van der Waals surface area (Å²) in [7, 11) is 0. The van der Waals surface area contributed by atoms with Crippen molar-refractivity contribution in [1.82, 2.24) is 5.32 Å². The van der Waals surface area contributed by atoms with Crippen LogP contribution in [0.4, 0.5) is 0 Å². The van der Waals surface area contributed by atoms with Crippen molar-refractivity contribution in [2.45, 2.75) is 12.8 Å². The Balaban J connectivity index is 2.08. The largest absolute Gasteiger partial charge is 0.481 e. The number of carbonyl (C=O) groups excluding carboxylic acids is 1. The maximum absolute atomic E-state index is 12.3. The van der Waals surface area contributed by atoms with Gasteiger partial charge in [-0.15, -0.1) is 0 Å². The first-order valence-corrected chi connectivity index (χ1v) is 8.36. The van der Waals surface area contributed by atoms with Crippen LogP contribution in [0.25, 0.3) is 0 Å². The fourth-order valence-corrected chi connectivity index (χ4v) is 3.19. The van der Waals surface area contributed by atoms with E-state index in [2.05, 4.69) is 43.8 Å². The fourth-order valence-electron chi connectivity index (χ4n) is 2.24. The molecule has 2 N–H and O–H groups in total. The zero-order valence-corrected chi connectivity index (χ0v) is 14.9. The lowest BCUT2D eigenvalue weighted by Crippen LogP contribution is -2.46. The van der Waals surface area contributed by atoms with Crippen molar-refractivity contribution >= 4 is 50.4 Å². The normalized spacial score (nSPS) is 17.2. The molecule has 7 heteroatoms. The monoisotopic (exact) mass is 467 g/mol. The van der Waals surface area contributed by atoms with E-state index < -0.39 is 11.4 Å². The van der Waals surface area contributed by atoms with Crippen LogP contribution in [-0.4, -0.2) is 36.7 Å². The minimum atomic E-state index is -0.925. The number of ether oxygens (including phenoxy) is 1. The summed E-state index contributed by atoms with van der Waals surface area (Å²) in [6.07, 6.45) is 0.830. The number of hydrogen-bond donors (Lipinski definition) is 2. The SMILES string of the molecule is O=C(NCC1(C(=O)O)CCOCC1)c1cc(Br)ccc1I. The summed E-state index contributed by atoms with van der Waals surface area (Å²) in [5.41, 5.74) is -0.386. The minimum Gasteiger partial charge on any atom is -0.481 e. The van der Waals surface area contributed by atoms with Gasteiger partial charge in [0, 0.05) is 27.8 Å². The van der Waals surface area contributed by atoms with E-state index in [-0.39, 0.29) is 12.5 Å². The van der Waals surface area contributed by atoms with Crippen LogP contribution in [0.2, 0.25) is 0 Å². The number of amides is 1. The second kappa shape index (κ2) is 7.06. The molecule has 0 aromatic heterocycles. The Kier molecular flexibility index (Phi) is 5.61. The first kappa shape index (κ1) is 16.7. The van der Waals surface area contributed by atoms with Crippen molar-refractivity contribution < 1.29 is 19.4 Å². The molecular weight excluding hydrogens is 453 g/mol. The first-order valence-electron chi connectivity index (χ1n) is 6.49. The Morgan fingerprint density at radius 1 is 1.38 bits per heavy atom.